The van der Waals surface area contributed by atoms with Gasteiger partial charge in [-0.2, -0.15) is 0 Å². The first kappa shape index (κ1) is 8.10. The fraction of sp³-hybridized carbons (Fsp3) is 0.300. The summed E-state index contributed by atoms with van der Waals surface area (Å²) in [5.41, 5.74) is 0.877. The molecule has 0 saturated heterocycles. The second kappa shape index (κ2) is 3.09. The monoisotopic (exact) mass is 176 g/mol. The second-order valence-corrected chi connectivity index (χ2v) is 3.11. The van der Waals surface area contributed by atoms with Crippen LogP contribution >= 0.6 is 0 Å². The Kier molecular flexibility index (Phi) is 1.93. The average Bonchev–Trinajstić information content (AvgIpc) is 2.29. The number of hydrogen-bond acceptors (Lipinski definition) is 2. The summed E-state index contributed by atoms with van der Waals surface area (Å²) >= 11 is 0. The normalized spacial score (nSPS) is 16.1. The SMILES string of the molecule is CN1CCOc2ccccc2C1=N. The fourth-order valence-corrected chi connectivity index (χ4v) is 1.40. The lowest BCUT2D eigenvalue weighted by Crippen LogP contribution is -2.27. The predicted molar refractivity (Wildman–Crippen MR) is 51.4 cm³/mol. The molecule has 1 aliphatic heterocycles. The summed E-state index contributed by atoms with van der Waals surface area (Å²) in [6.45, 7) is 1.42. The number of amidine groups is 1. The van der Waals surface area contributed by atoms with Crippen molar-refractivity contribution < 1.29 is 4.74 Å². The van der Waals surface area contributed by atoms with Crippen molar-refractivity contribution in [3.05, 3.63) is 29.8 Å². The number of likely N-dealkylation sites (N-methyl/N-ethyl adjacent to an activating group) is 1. The van der Waals surface area contributed by atoms with Gasteiger partial charge in [0.2, 0.25) is 0 Å². The van der Waals surface area contributed by atoms with E-state index in [1.165, 1.54) is 0 Å². The quantitative estimate of drug-likeness (QED) is 0.647. The van der Waals surface area contributed by atoms with Gasteiger partial charge in [-0.25, -0.2) is 0 Å². The maximum atomic E-state index is 7.86. The Balaban J connectivity index is 2.46. The van der Waals surface area contributed by atoms with Crippen LogP contribution in [-0.4, -0.2) is 30.9 Å². The van der Waals surface area contributed by atoms with Crippen molar-refractivity contribution in [3.8, 4) is 5.75 Å². The standard InChI is InChI=1S/C10H12N2O/c1-12-6-7-13-9-5-3-2-4-8(9)10(12)11/h2-5,11H,6-7H2,1H3. The summed E-state index contributed by atoms with van der Waals surface area (Å²) < 4.78 is 5.51. The molecule has 1 aliphatic rings. The van der Waals surface area contributed by atoms with Crippen LogP contribution in [0, 0.1) is 5.41 Å². The van der Waals surface area contributed by atoms with Gasteiger partial charge in [0, 0.05) is 7.05 Å². The number of hydrogen-bond donors (Lipinski definition) is 1. The Labute approximate surface area is 77.4 Å². The van der Waals surface area contributed by atoms with Gasteiger partial charge in [0.05, 0.1) is 12.1 Å². The third-order valence-electron chi connectivity index (χ3n) is 2.21. The molecule has 13 heavy (non-hydrogen) atoms. The number of nitrogens with zero attached hydrogens (tertiary/aromatic N) is 1. The van der Waals surface area contributed by atoms with Crippen LogP contribution in [0.2, 0.25) is 0 Å². The van der Waals surface area contributed by atoms with Crippen molar-refractivity contribution in [2.24, 2.45) is 0 Å². The van der Waals surface area contributed by atoms with Gasteiger partial charge in [0.1, 0.15) is 18.2 Å². The zero-order valence-electron chi connectivity index (χ0n) is 7.58. The zero-order valence-corrected chi connectivity index (χ0v) is 7.58. The lowest BCUT2D eigenvalue weighted by molar-refractivity contribution is 0.294. The predicted octanol–water partition coefficient (Wildman–Crippen LogP) is 1.34. The highest BCUT2D eigenvalue weighted by atomic mass is 16.5. The fourth-order valence-electron chi connectivity index (χ4n) is 1.40. The van der Waals surface area contributed by atoms with Crippen LogP contribution in [0.25, 0.3) is 0 Å². The Hall–Kier alpha value is -1.51. The van der Waals surface area contributed by atoms with Gasteiger partial charge in [0.25, 0.3) is 0 Å². The van der Waals surface area contributed by atoms with Crippen molar-refractivity contribution in [1.29, 1.82) is 5.41 Å². The lowest BCUT2D eigenvalue weighted by atomic mass is 10.2. The third kappa shape index (κ3) is 1.37. The molecule has 2 rings (SSSR count). The molecule has 68 valence electrons. The van der Waals surface area contributed by atoms with Gasteiger partial charge in [-0.1, -0.05) is 12.1 Å². The topological polar surface area (TPSA) is 36.3 Å². The molecule has 0 bridgehead atoms. The highest BCUT2D eigenvalue weighted by molar-refractivity contribution is 5.99. The summed E-state index contributed by atoms with van der Waals surface area (Å²) in [7, 11) is 1.91. The highest BCUT2D eigenvalue weighted by Gasteiger charge is 2.16. The molecule has 0 unspecified atom stereocenters. The maximum absolute atomic E-state index is 7.86. The third-order valence-corrected chi connectivity index (χ3v) is 2.21. The first-order valence-corrected chi connectivity index (χ1v) is 4.31. The van der Waals surface area contributed by atoms with Gasteiger partial charge >= 0.3 is 0 Å². The summed E-state index contributed by atoms with van der Waals surface area (Å²) in [5, 5.41) is 7.86. The molecule has 3 nitrogen and oxygen atoms in total. The molecule has 0 amide bonds. The Morgan fingerprint density at radius 3 is 3.00 bits per heavy atom. The molecule has 0 aromatic heterocycles. The van der Waals surface area contributed by atoms with Crippen molar-refractivity contribution in [2.75, 3.05) is 20.2 Å². The van der Waals surface area contributed by atoms with Gasteiger partial charge < -0.3 is 9.64 Å². The summed E-state index contributed by atoms with van der Waals surface area (Å²) in [4.78, 5) is 1.89. The van der Waals surface area contributed by atoms with E-state index in [2.05, 4.69) is 0 Å². The lowest BCUT2D eigenvalue weighted by Gasteiger charge is -2.15. The number of ether oxygens (including phenoxy) is 1. The minimum absolute atomic E-state index is 0.535. The average molecular weight is 176 g/mol. The largest absolute Gasteiger partial charge is 0.491 e. The van der Waals surface area contributed by atoms with E-state index in [0.29, 0.717) is 12.4 Å². The van der Waals surface area contributed by atoms with Gasteiger partial charge in [-0.05, 0) is 12.1 Å². The molecule has 0 spiro atoms. The minimum Gasteiger partial charge on any atom is -0.491 e. The van der Waals surface area contributed by atoms with E-state index in [9.17, 15) is 0 Å². The van der Waals surface area contributed by atoms with Crippen molar-refractivity contribution in [3.63, 3.8) is 0 Å². The highest BCUT2D eigenvalue weighted by Crippen LogP contribution is 2.21. The molecule has 0 atom stereocenters. The molecule has 1 aromatic carbocycles. The van der Waals surface area contributed by atoms with Crippen molar-refractivity contribution in [1.82, 2.24) is 4.90 Å². The van der Waals surface area contributed by atoms with Crippen LogP contribution in [0.1, 0.15) is 5.56 Å². The van der Waals surface area contributed by atoms with E-state index in [-0.39, 0.29) is 0 Å². The minimum atomic E-state index is 0.535. The van der Waals surface area contributed by atoms with E-state index in [1.807, 2.05) is 36.2 Å². The van der Waals surface area contributed by atoms with Crippen LogP contribution in [0.5, 0.6) is 5.75 Å². The molecule has 0 fully saturated rings. The number of rotatable bonds is 0. The first-order chi connectivity index (χ1) is 6.29. The van der Waals surface area contributed by atoms with Crippen LogP contribution in [0.4, 0.5) is 0 Å². The van der Waals surface area contributed by atoms with Crippen LogP contribution < -0.4 is 4.74 Å². The van der Waals surface area contributed by atoms with E-state index < -0.39 is 0 Å². The molecule has 0 radical (unpaired) electrons. The number of benzene rings is 1. The Morgan fingerprint density at radius 2 is 2.15 bits per heavy atom. The van der Waals surface area contributed by atoms with E-state index in [0.717, 1.165) is 17.9 Å². The van der Waals surface area contributed by atoms with Gasteiger partial charge in [-0.15, -0.1) is 0 Å². The Morgan fingerprint density at radius 1 is 1.38 bits per heavy atom. The maximum Gasteiger partial charge on any atom is 0.131 e. The molecule has 1 aromatic rings. The second-order valence-electron chi connectivity index (χ2n) is 3.11. The molecule has 3 heteroatoms. The van der Waals surface area contributed by atoms with E-state index in [1.54, 1.807) is 0 Å². The van der Waals surface area contributed by atoms with Gasteiger partial charge in [-0.3, -0.25) is 5.41 Å². The molecular weight excluding hydrogens is 164 g/mol. The summed E-state index contributed by atoms with van der Waals surface area (Å²) in [6.07, 6.45) is 0. The molecular formula is C10H12N2O. The summed E-state index contributed by atoms with van der Waals surface area (Å²) in [5.74, 6) is 1.35. The Bertz CT molecular complexity index is 335. The molecule has 0 aliphatic carbocycles. The van der Waals surface area contributed by atoms with Crippen LogP contribution in [0.3, 0.4) is 0 Å². The van der Waals surface area contributed by atoms with E-state index >= 15 is 0 Å². The first-order valence-electron chi connectivity index (χ1n) is 4.31. The van der Waals surface area contributed by atoms with Gasteiger partial charge in [0.15, 0.2) is 0 Å². The smallest absolute Gasteiger partial charge is 0.131 e. The number of nitrogens with one attached hydrogen (secondary N) is 1. The molecule has 1 N–H and O–H groups in total. The van der Waals surface area contributed by atoms with Crippen molar-refractivity contribution >= 4 is 5.84 Å². The van der Waals surface area contributed by atoms with Crippen LogP contribution in [-0.2, 0) is 0 Å². The molecule has 1 heterocycles. The summed E-state index contributed by atoms with van der Waals surface area (Å²) in [6, 6.07) is 7.68. The van der Waals surface area contributed by atoms with E-state index in [4.69, 9.17) is 10.1 Å². The van der Waals surface area contributed by atoms with Crippen LogP contribution in [0.15, 0.2) is 24.3 Å². The number of para-hydroxylation sites is 1. The zero-order chi connectivity index (χ0) is 9.26. The molecule has 0 saturated carbocycles. The number of fused-ring (bicyclic) bond motifs is 1. The van der Waals surface area contributed by atoms with Crippen molar-refractivity contribution in [2.45, 2.75) is 0 Å².